The Morgan fingerprint density at radius 1 is 0.970 bits per heavy atom. The number of benzene rings is 3. The standard InChI is InChI=1S/C27H20N4OS/c1-2-30-23-11-7-6-10-20(23)21-14-18(12-13-24(21)30)15-29-31-17-28-26-25(27(31)32)22(16-33-26)19-8-4-3-5-9-19/h3-17H,2H2,1H3/b29-15-. The Bertz CT molecular complexity index is 1720. The number of para-hydroxylation sites is 1. The van der Waals surface area contributed by atoms with Gasteiger partial charge in [0.25, 0.3) is 5.56 Å². The molecule has 0 saturated carbocycles. The van der Waals surface area contributed by atoms with Crippen LogP contribution >= 0.6 is 11.3 Å². The Hall–Kier alpha value is -4.03. The van der Waals surface area contributed by atoms with Gasteiger partial charge in [0, 0.05) is 39.3 Å². The fourth-order valence-corrected chi connectivity index (χ4v) is 5.36. The summed E-state index contributed by atoms with van der Waals surface area (Å²) in [6.45, 7) is 3.06. The number of aromatic nitrogens is 3. The number of nitrogens with zero attached hydrogens (tertiary/aromatic N) is 4. The first kappa shape index (κ1) is 19.6. The molecule has 160 valence electrons. The zero-order valence-electron chi connectivity index (χ0n) is 18.0. The van der Waals surface area contributed by atoms with Crippen LogP contribution in [0.3, 0.4) is 0 Å². The molecular formula is C27H20N4OS. The van der Waals surface area contributed by atoms with Crippen LogP contribution in [0.1, 0.15) is 12.5 Å². The number of aryl methyl sites for hydroxylation is 1. The molecule has 0 amide bonds. The first-order chi connectivity index (χ1) is 16.2. The van der Waals surface area contributed by atoms with Crippen LogP contribution in [-0.2, 0) is 6.54 Å². The van der Waals surface area contributed by atoms with Crippen LogP contribution in [-0.4, -0.2) is 20.4 Å². The maximum atomic E-state index is 13.2. The minimum atomic E-state index is -0.167. The van der Waals surface area contributed by atoms with Gasteiger partial charge < -0.3 is 4.57 Å². The normalized spacial score (nSPS) is 11.9. The Kier molecular flexibility index (Phi) is 4.66. The summed E-state index contributed by atoms with van der Waals surface area (Å²) in [7, 11) is 0. The number of hydrogen-bond donors (Lipinski definition) is 0. The minimum Gasteiger partial charge on any atom is -0.341 e. The molecule has 0 saturated heterocycles. The van der Waals surface area contributed by atoms with Gasteiger partial charge in [0.1, 0.15) is 11.2 Å². The van der Waals surface area contributed by atoms with Crippen molar-refractivity contribution in [2.24, 2.45) is 5.10 Å². The van der Waals surface area contributed by atoms with Crippen LogP contribution in [0.25, 0.3) is 43.1 Å². The predicted molar refractivity (Wildman–Crippen MR) is 137 cm³/mol. The minimum absolute atomic E-state index is 0.167. The van der Waals surface area contributed by atoms with Crippen molar-refractivity contribution >= 4 is 49.6 Å². The van der Waals surface area contributed by atoms with Gasteiger partial charge in [-0.05, 0) is 36.2 Å². The number of fused-ring (bicyclic) bond motifs is 4. The Balaban J connectivity index is 1.44. The number of rotatable bonds is 4. The topological polar surface area (TPSA) is 52.2 Å². The van der Waals surface area contributed by atoms with E-state index in [1.165, 1.54) is 44.1 Å². The highest BCUT2D eigenvalue weighted by molar-refractivity contribution is 7.17. The molecule has 0 N–H and O–H groups in total. The molecule has 6 rings (SSSR count). The first-order valence-electron chi connectivity index (χ1n) is 10.8. The molecule has 6 aromatic rings. The highest BCUT2D eigenvalue weighted by Crippen LogP contribution is 2.31. The van der Waals surface area contributed by atoms with Crippen molar-refractivity contribution in [2.45, 2.75) is 13.5 Å². The van der Waals surface area contributed by atoms with Crippen molar-refractivity contribution in [3.8, 4) is 11.1 Å². The maximum Gasteiger partial charge on any atom is 0.283 e. The zero-order valence-corrected chi connectivity index (χ0v) is 18.8. The van der Waals surface area contributed by atoms with E-state index in [1.54, 1.807) is 6.21 Å². The van der Waals surface area contributed by atoms with Crippen LogP contribution in [0.5, 0.6) is 0 Å². The Morgan fingerprint density at radius 2 is 1.76 bits per heavy atom. The van der Waals surface area contributed by atoms with Crippen LogP contribution in [0.15, 0.2) is 94.4 Å². The van der Waals surface area contributed by atoms with Gasteiger partial charge in [0.15, 0.2) is 0 Å². The number of hydrogen-bond acceptors (Lipinski definition) is 4. The number of thiophene rings is 1. The molecule has 0 fully saturated rings. The van der Waals surface area contributed by atoms with Gasteiger partial charge >= 0.3 is 0 Å². The average Bonchev–Trinajstić information content (AvgIpc) is 3.44. The molecule has 0 radical (unpaired) electrons. The molecule has 0 aliphatic rings. The smallest absolute Gasteiger partial charge is 0.283 e. The molecule has 0 spiro atoms. The lowest BCUT2D eigenvalue weighted by molar-refractivity contribution is 0.819. The zero-order chi connectivity index (χ0) is 22.4. The molecule has 5 nitrogen and oxygen atoms in total. The third kappa shape index (κ3) is 3.18. The molecule has 6 heteroatoms. The van der Waals surface area contributed by atoms with E-state index in [2.05, 4.69) is 58.0 Å². The first-order valence-corrected chi connectivity index (χ1v) is 11.7. The van der Waals surface area contributed by atoms with Crippen molar-refractivity contribution in [3.63, 3.8) is 0 Å². The third-order valence-corrected chi connectivity index (χ3v) is 6.89. The molecule has 0 unspecified atom stereocenters. The van der Waals surface area contributed by atoms with Crippen LogP contribution in [0.2, 0.25) is 0 Å². The van der Waals surface area contributed by atoms with Gasteiger partial charge in [0.05, 0.1) is 11.6 Å². The van der Waals surface area contributed by atoms with Gasteiger partial charge in [-0.3, -0.25) is 4.79 Å². The van der Waals surface area contributed by atoms with E-state index in [1.807, 2.05) is 41.8 Å². The summed E-state index contributed by atoms with van der Waals surface area (Å²) in [5.41, 5.74) is 5.08. The van der Waals surface area contributed by atoms with E-state index >= 15 is 0 Å². The van der Waals surface area contributed by atoms with Crippen molar-refractivity contribution in [2.75, 3.05) is 0 Å². The molecule has 33 heavy (non-hydrogen) atoms. The predicted octanol–water partition coefficient (Wildman–Crippen LogP) is 6.14. The second-order valence-electron chi connectivity index (χ2n) is 7.87. The molecule has 0 bridgehead atoms. The lowest BCUT2D eigenvalue weighted by Crippen LogP contribution is -2.16. The summed E-state index contributed by atoms with van der Waals surface area (Å²) in [5, 5.41) is 9.46. The second-order valence-corrected chi connectivity index (χ2v) is 8.73. The van der Waals surface area contributed by atoms with E-state index < -0.39 is 0 Å². The van der Waals surface area contributed by atoms with E-state index in [0.29, 0.717) is 5.39 Å². The van der Waals surface area contributed by atoms with Crippen molar-refractivity contribution in [3.05, 3.63) is 100 Å². The lowest BCUT2D eigenvalue weighted by Gasteiger charge is -2.03. The van der Waals surface area contributed by atoms with Gasteiger partial charge in [-0.2, -0.15) is 9.78 Å². The van der Waals surface area contributed by atoms with Gasteiger partial charge in [-0.15, -0.1) is 11.3 Å². The monoisotopic (exact) mass is 448 g/mol. The summed E-state index contributed by atoms with van der Waals surface area (Å²) < 4.78 is 3.64. The van der Waals surface area contributed by atoms with Gasteiger partial charge in [-0.25, -0.2) is 4.98 Å². The fraction of sp³-hybridized carbons (Fsp3) is 0.0741. The van der Waals surface area contributed by atoms with E-state index in [4.69, 9.17) is 0 Å². The summed E-state index contributed by atoms with van der Waals surface area (Å²) in [6.07, 6.45) is 3.22. The van der Waals surface area contributed by atoms with Gasteiger partial charge in [-0.1, -0.05) is 54.6 Å². The highest BCUT2D eigenvalue weighted by Gasteiger charge is 2.13. The lowest BCUT2D eigenvalue weighted by atomic mass is 10.1. The largest absolute Gasteiger partial charge is 0.341 e. The SMILES string of the molecule is CCn1c2ccccc2c2cc(/C=N\n3cnc4scc(-c5ccccc5)c4c3=O)ccc21. The fourth-order valence-electron chi connectivity index (χ4n) is 4.46. The highest BCUT2D eigenvalue weighted by atomic mass is 32.1. The van der Waals surface area contributed by atoms with Crippen LogP contribution in [0, 0.1) is 0 Å². The average molecular weight is 449 g/mol. The summed E-state index contributed by atoms with van der Waals surface area (Å²) in [6, 6.07) is 24.6. The molecule has 0 aliphatic heterocycles. The Morgan fingerprint density at radius 3 is 2.61 bits per heavy atom. The van der Waals surface area contributed by atoms with E-state index in [9.17, 15) is 4.79 Å². The van der Waals surface area contributed by atoms with E-state index in [-0.39, 0.29) is 5.56 Å². The summed E-state index contributed by atoms with van der Waals surface area (Å²) in [5.74, 6) is 0. The van der Waals surface area contributed by atoms with Crippen molar-refractivity contribution in [1.29, 1.82) is 0 Å². The third-order valence-electron chi connectivity index (χ3n) is 6.01. The molecule has 3 aromatic heterocycles. The molecular weight excluding hydrogens is 428 g/mol. The van der Waals surface area contributed by atoms with Crippen molar-refractivity contribution in [1.82, 2.24) is 14.2 Å². The van der Waals surface area contributed by atoms with Gasteiger partial charge in [0.2, 0.25) is 0 Å². The molecule has 3 heterocycles. The summed E-state index contributed by atoms with van der Waals surface area (Å²) >= 11 is 1.47. The Labute approximate surface area is 193 Å². The van der Waals surface area contributed by atoms with E-state index in [0.717, 1.165) is 28.1 Å². The maximum absolute atomic E-state index is 13.2. The molecule has 3 aromatic carbocycles. The summed E-state index contributed by atoms with van der Waals surface area (Å²) in [4.78, 5) is 18.4. The molecule has 0 atom stereocenters. The van der Waals surface area contributed by atoms with Crippen LogP contribution < -0.4 is 5.56 Å². The quantitative estimate of drug-likeness (QED) is 0.304. The molecule has 0 aliphatic carbocycles. The van der Waals surface area contributed by atoms with Crippen molar-refractivity contribution < 1.29 is 0 Å². The van der Waals surface area contributed by atoms with Crippen LogP contribution in [0.4, 0.5) is 0 Å². The second kappa shape index (κ2) is 7.83.